The Hall–Kier alpha value is -2.18. The summed E-state index contributed by atoms with van der Waals surface area (Å²) < 4.78 is 10.5. The zero-order valence-electron chi connectivity index (χ0n) is 29.8. The number of allylic oxidation sites excluding steroid dienone is 6. The van der Waals surface area contributed by atoms with E-state index in [1.807, 2.05) is 24.3 Å². The number of aliphatic hydroxyl groups excluding tert-OH is 2. The Morgan fingerprint density at radius 1 is 0.696 bits per heavy atom. The van der Waals surface area contributed by atoms with E-state index >= 15 is 0 Å². The van der Waals surface area contributed by atoms with Gasteiger partial charge in [-0.3, -0.25) is 9.59 Å². The average Bonchev–Trinajstić information content (AvgIpc) is 3.05. The summed E-state index contributed by atoms with van der Waals surface area (Å²) in [6.45, 7) is 6.33. The summed E-state index contributed by atoms with van der Waals surface area (Å²) in [6, 6.07) is 0. The average molecular weight is 647 g/mol. The van der Waals surface area contributed by atoms with E-state index in [0.29, 0.717) is 25.7 Å². The zero-order chi connectivity index (χ0) is 33.9. The first-order chi connectivity index (χ1) is 22.4. The number of unbranched alkanes of at least 4 members (excludes halogenated alkanes) is 13. The summed E-state index contributed by atoms with van der Waals surface area (Å²) in [5, 5.41) is 19.6. The molecule has 0 spiro atoms. The highest BCUT2D eigenvalue weighted by Crippen LogP contribution is 2.15. The van der Waals surface area contributed by atoms with Crippen LogP contribution in [0.15, 0.2) is 48.6 Å². The van der Waals surface area contributed by atoms with Crippen LogP contribution in [0, 0.1) is 5.92 Å². The third kappa shape index (κ3) is 31.8. The number of carbonyl (C=O) groups is 2. The number of rotatable bonds is 32. The van der Waals surface area contributed by atoms with E-state index in [4.69, 9.17) is 9.47 Å². The molecule has 0 aromatic heterocycles. The summed E-state index contributed by atoms with van der Waals surface area (Å²) in [4.78, 5) is 24.2. The first kappa shape index (κ1) is 43.8. The molecule has 6 heteroatoms. The molecule has 0 aromatic rings. The van der Waals surface area contributed by atoms with Crippen LogP contribution in [-0.2, 0) is 19.1 Å². The van der Waals surface area contributed by atoms with Gasteiger partial charge in [-0.15, -0.1) is 0 Å². The minimum absolute atomic E-state index is 0.126. The van der Waals surface area contributed by atoms with E-state index in [0.717, 1.165) is 38.0 Å². The highest BCUT2D eigenvalue weighted by molar-refractivity contribution is 5.70. The van der Waals surface area contributed by atoms with E-state index < -0.39 is 12.2 Å². The summed E-state index contributed by atoms with van der Waals surface area (Å²) in [5.74, 6) is 0.144. The first-order valence-corrected chi connectivity index (χ1v) is 18.7. The quantitative estimate of drug-likeness (QED) is 0.0327. The Balaban J connectivity index is 3.78. The lowest BCUT2D eigenvalue weighted by Gasteiger charge is -2.15. The monoisotopic (exact) mass is 647 g/mol. The van der Waals surface area contributed by atoms with Crippen molar-refractivity contribution >= 4 is 11.9 Å². The van der Waals surface area contributed by atoms with Gasteiger partial charge in [0.25, 0.3) is 0 Å². The van der Waals surface area contributed by atoms with Crippen molar-refractivity contribution in [3.63, 3.8) is 0 Å². The minimum Gasteiger partial charge on any atom is -0.462 e. The summed E-state index contributed by atoms with van der Waals surface area (Å²) >= 11 is 0. The van der Waals surface area contributed by atoms with Gasteiger partial charge >= 0.3 is 11.9 Å². The van der Waals surface area contributed by atoms with Gasteiger partial charge in [0.15, 0.2) is 6.10 Å². The van der Waals surface area contributed by atoms with Crippen molar-refractivity contribution in [2.45, 2.75) is 174 Å². The Morgan fingerprint density at radius 3 is 2.00 bits per heavy atom. The molecule has 0 saturated heterocycles. The highest BCUT2D eigenvalue weighted by atomic mass is 16.6. The molecule has 0 aliphatic rings. The van der Waals surface area contributed by atoms with Crippen molar-refractivity contribution in [3.8, 4) is 0 Å². The molecular formula is C40H70O6. The molecule has 0 radical (unpaired) electrons. The normalized spacial score (nSPS) is 14.1. The summed E-state index contributed by atoms with van der Waals surface area (Å²) in [5.41, 5.74) is 0. The lowest BCUT2D eigenvalue weighted by molar-refractivity contribution is -0.161. The molecule has 0 aliphatic carbocycles. The number of hydrogen-bond acceptors (Lipinski definition) is 6. The van der Waals surface area contributed by atoms with E-state index in [1.165, 1.54) is 77.0 Å². The molecular weight excluding hydrogens is 576 g/mol. The van der Waals surface area contributed by atoms with Crippen LogP contribution in [0.1, 0.15) is 162 Å². The van der Waals surface area contributed by atoms with Crippen molar-refractivity contribution in [3.05, 3.63) is 48.6 Å². The lowest BCUT2D eigenvalue weighted by atomic mass is 9.99. The van der Waals surface area contributed by atoms with Crippen LogP contribution in [0.2, 0.25) is 0 Å². The van der Waals surface area contributed by atoms with Crippen LogP contribution >= 0.6 is 0 Å². The Kier molecular flexibility index (Phi) is 32.5. The maximum atomic E-state index is 12.1. The smallest absolute Gasteiger partial charge is 0.306 e. The molecule has 3 atom stereocenters. The maximum absolute atomic E-state index is 12.1. The fraction of sp³-hybridized carbons (Fsp3) is 0.750. The minimum atomic E-state index is -0.819. The maximum Gasteiger partial charge on any atom is 0.306 e. The molecule has 46 heavy (non-hydrogen) atoms. The van der Waals surface area contributed by atoms with E-state index in [-0.39, 0.29) is 31.6 Å². The fourth-order valence-electron chi connectivity index (χ4n) is 4.95. The Morgan fingerprint density at radius 2 is 1.33 bits per heavy atom. The van der Waals surface area contributed by atoms with Crippen LogP contribution in [0.3, 0.4) is 0 Å². The van der Waals surface area contributed by atoms with Crippen LogP contribution in [-0.4, -0.2) is 47.6 Å². The van der Waals surface area contributed by atoms with Crippen LogP contribution < -0.4 is 0 Å². The van der Waals surface area contributed by atoms with Crippen molar-refractivity contribution in [1.29, 1.82) is 0 Å². The van der Waals surface area contributed by atoms with E-state index in [1.54, 1.807) is 6.08 Å². The predicted octanol–water partition coefficient (Wildman–Crippen LogP) is 10.3. The van der Waals surface area contributed by atoms with Gasteiger partial charge in [-0.05, 0) is 50.9 Å². The Bertz CT molecular complexity index is 815. The third-order valence-corrected chi connectivity index (χ3v) is 8.25. The summed E-state index contributed by atoms with van der Waals surface area (Å²) in [6.07, 6.45) is 37.6. The summed E-state index contributed by atoms with van der Waals surface area (Å²) in [7, 11) is 0. The lowest BCUT2D eigenvalue weighted by Crippen LogP contribution is -2.28. The van der Waals surface area contributed by atoms with Gasteiger partial charge in [0, 0.05) is 12.8 Å². The Labute approximate surface area is 282 Å². The number of ether oxygens (including phenoxy) is 2. The second-order valence-corrected chi connectivity index (χ2v) is 12.7. The zero-order valence-corrected chi connectivity index (χ0v) is 29.8. The second kappa shape index (κ2) is 34.2. The van der Waals surface area contributed by atoms with Gasteiger partial charge in [0.2, 0.25) is 0 Å². The van der Waals surface area contributed by atoms with Crippen molar-refractivity contribution in [2.75, 3.05) is 13.2 Å². The molecule has 0 heterocycles. The van der Waals surface area contributed by atoms with Crippen LogP contribution in [0.4, 0.5) is 0 Å². The molecule has 0 rings (SSSR count). The molecule has 266 valence electrons. The highest BCUT2D eigenvalue weighted by Gasteiger charge is 2.16. The van der Waals surface area contributed by atoms with Crippen molar-refractivity contribution in [1.82, 2.24) is 0 Å². The third-order valence-electron chi connectivity index (χ3n) is 8.25. The molecule has 0 saturated carbocycles. The van der Waals surface area contributed by atoms with Gasteiger partial charge < -0.3 is 19.7 Å². The standard InChI is InChI=1S/C40H70O6/c1-4-6-7-8-9-12-16-20-25-30-37(42)31-26-21-18-23-27-32-39(43)45-35-38(34-41)46-40(44)33-28-22-17-14-11-10-13-15-19-24-29-36(3)5-2/h9,12,18,20-21,25-26,31,36-38,41-42H,4-8,10-11,13-17,19,22-24,27-30,32-35H2,1-3H3/b12-9-,21-18+,25-20-,31-26-/t36?,37?,38-/m0/s1. The van der Waals surface area contributed by atoms with Gasteiger partial charge in [-0.2, -0.15) is 0 Å². The number of esters is 2. The SMILES string of the molecule is CCCCC/C=C\C/C=C\CC(O)/C=C\C=C\CCCC(=O)OC[C@H](CO)OC(=O)CCCCCCCCCCCCC(C)CC. The van der Waals surface area contributed by atoms with Crippen molar-refractivity contribution < 1.29 is 29.3 Å². The second-order valence-electron chi connectivity index (χ2n) is 12.7. The molecule has 0 aliphatic heterocycles. The van der Waals surface area contributed by atoms with Gasteiger partial charge in [-0.1, -0.05) is 153 Å². The van der Waals surface area contributed by atoms with Gasteiger partial charge in [0.1, 0.15) is 6.61 Å². The molecule has 0 fully saturated rings. The fourth-order valence-corrected chi connectivity index (χ4v) is 4.95. The molecule has 2 N–H and O–H groups in total. The van der Waals surface area contributed by atoms with Crippen LogP contribution in [0.25, 0.3) is 0 Å². The van der Waals surface area contributed by atoms with E-state index in [9.17, 15) is 19.8 Å². The number of carbonyl (C=O) groups excluding carboxylic acids is 2. The van der Waals surface area contributed by atoms with Crippen molar-refractivity contribution in [2.24, 2.45) is 5.92 Å². The molecule has 2 unspecified atom stereocenters. The predicted molar refractivity (Wildman–Crippen MR) is 193 cm³/mol. The van der Waals surface area contributed by atoms with Crippen LogP contribution in [0.5, 0.6) is 0 Å². The van der Waals surface area contributed by atoms with Gasteiger partial charge in [-0.25, -0.2) is 0 Å². The largest absolute Gasteiger partial charge is 0.462 e. The number of hydrogen-bond donors (Lipinski definition) is 2. The molecule has 0 bridgehead atoms. The first-order valence-electron chi connectivity index (χ1n) is 18.7. The van der Waals surface area contributed by atoms with Gasteiger partial charge in [0.05, 0.1) is 12.7 Å². The number of aliphatic hydroxyl groups is 2. The molecule has 6 nitrogen and oxygen atoms in total. The van der Waals surface area contributed by atoms with E-state index in [2.05, 4.69) is 39.0 Å². The topological polar surface area (TPSA) is 93.1 Å². The molecule has 0 aromatic carbocycles. The molecule has 0 amide bonds.